The van der Waals surface area contributed by atoms with Gasteiger partial charge in [-0.2, -0.15) is 0 Å². The van der Waals surface area contributed by atoms with Gasteiger partial charge in [-0.25, -0.2) is 8.96 Å². The molecule has 0 saturated carbocycles. The monoisotopic (exact) mass is 337 g/mol. The van der Waals surface area contributed by atoms with Gasteiger partial charge < -0.3 is 4.52 Å². The Morgan fingerprint density at radius 1 is 1.26 bits per heavy atom. The summed E-state index contributed by atoms with van der Waals surface area (Å²) < 4.78 is 29.4. The molecule has 1 heterocycles. The molecule has 2 N–H and O–H groups in total. The third kappa shape index (κ3) is 4.99. The number of pyridine rings is 1. The van der Waals surface area contributed by atoms with Crippen LogP contribution < -0.4 is 4.52 Å². The lowest BCUT2D eigenvalue weighted by Crippen LogP contribution is -2.00. The smallest absolute Gasteiger partial charge is 0.402 e. The molecule has 2 rings (SSSR count). The SMILES string of the molecule is CC(C)c1ncc(/C=C/c2ccccc2F)cc1OP(=O)(O)O. The van der Waals surface area contributed by atoms with Crippen LogP contribution in [0.15, 0.2) is 36.5 Å². The van der Waals surface area contributed by atoms with Crippen LogP contribution in [0.2, 0.25) is 0 Å². The van der Waals surface area contributed by atoms with Gasteiger partial charge in [0, 0.05) is 11.8 Å². The van der Waals surface area contributed by atoms with E-state index in [0.29, 0.717) is 16.8 Å². The molecule has 0 fully saturated rings. The van der Waals surface area contributed by atoms with Crippen molar-refractivity contribution in [2.45, 2.75) is 19.8 Å². The van der Waals surface area contributed by atoms with Crippen LogP contribution in [-0.4, -0.2) is 14.8 Å². The summed E-state index contributed by atoms with van der Waals surface area (Å²) in [6.07, 6.45) is 4.70. The zero-order valence-electron chi connectivity index (χ0n) is 12.7. The van der Waals surface area contributed by atoms with Crippen LogP contribution in [0.25, 0.3) is 12.2 Å². The van der Waals surface area contributed by atoms with Crippen molar-refractivity contribution in [2.75, 3.05) is 0 Å². The molecule has 0 bridgehead atoms. The van der Waals surface area contributed by atoms with Gasteiger partial charge in [0.05, 0.1) is 5.69 Å². The lowest BCUT2D eigenvalue weighted by molar-refractivity contribution is 0.281. The number of phosphoric ester groups is 1. The third-order valence-corrected chi connectivity index (χ3v) is 3.46. The minimum absolute atomic E-state index is 0.0176. The molecule has 0 amide bonds. The van der Waals surface area contributed by atoms with Crippen molar-refractivity contribution < 1.29 is 23.3 Å². The number of hydrogen-bond donors (Lipinski definition) is 2. The number of nitrogens with zero attached hydrogens (tertiary/aromatic N) is 1. The quantitative estimate of drug-likeness (QED) is 0.807. The number of rotatable bonds is 5. The number of benzene rings is 1. The molecule has 122 valence electrons. The molecule has 0 saturated heterocycles. The molecule has 0 unspecified atom stereocenters. The van der Waals surface area contributed by atoms with Crippen molar-refractivity contribution in [3.8, 4) is 5.75 Å². The second-order valence-electron chi connectivity index (χ2n) is 5.24. The van der Waals surface area contributed by atoms with Gasteiger partial charge in [0.25, 0.3) is 0 Å². The molecule has 0 atom stereocenters. The minimum atomic E-state index is -4.68. The fourth-order valence-electron chi connectivity index (χ4n) is 1.99. The molecule has 0 aliphatic rings. The molecule has 0 radical (unpaired) electrons. The highest BCUT2D eigenvalue weighted by atomic mass is 31.2. The van der Waals surface area contributed by atoms with Crippen LogP contribution in [-0.2, 0) is 4.57 Å². The van der Waals surface area contributed by atoms with Gasteiger partial charge in [-0.15, -0.1) is 0 Å². The molecular formula is C16H17FNO4P. The maximum atomic E-state index is 13.6. The zero-order chi connectivity index (χ0) is 17.0. The molecule has 0 aliphatic carbocycles. The van der Waals surface area contributed by atoms with Gasteiger partial charge in [0.1, 0.15) is 5.82 Å². The highest BCUT2D eigenvalue weighted by Crippen LogP contribution is 2.40. The van der Waals surface area contributed by atoms with E-state index < -0.39 is 7.82 Å². The van der Waals surface area contributed by atoms with E-state index >= 15 is 0 Å². The van der Waals surface area contributed by atoms with Crippen molar-refractivity contribution in [3.63, 3.8) is 0 Å². The number of hydrogen-bond acceptors (Lipinski definition) is 3. The maximum absolute atomic E-state index is 13.6. The van der Waals surface area contributed by atoms with Crippen LogP contribution >= 0.6 is 7.82 Å². The molecule has 7 heteroatoms. The summed E-state index contributed by atoms with van der Waals surface area (Å²) >= 11 is 0. The summed E-state index contributed by atoms with van der Waals surface area (Å²) in [5.74, 6) is -0.410. The standard InChI is InChI=1S/C16H17FNO4P/c1-11(2)16-15(22-23(19,20)21)9-12(10-18-16)7-8-13-5-3-4-6-14(13)17/h3-11H,1-2H3,(H2,19,20,21)/b8-7+. The van der Waals surface area contributed by atoms with Gasteiger partial charge in [-0.05, 0) is 23.6 Å². The van der Waals surface area contributed by atoms with Crippen LogP contribution in [0.3, 0.4) is 0 Å². The summed E-state index contributed by atoms with van der Waals surface area (Å²) in [6.45, 7) is 3.67. The predicted molar refractivity (Wildman–Crippen MR) is 86.3 cm³/mol. The highest BCUT2D eigenvalue weighted by Gasteiger charge is 2.20. The molecular weight excluding hydrogens is 320 g/mol. The highest BCUT2D eigenvalue weighted by molar-refractivity contribution is 7.46. The average molecular weight is 337 g/mol. The van der Waals surface area contributed by atoms with Gasteiger partial charge in [0.2, 0.25) is 0 Å². The Morgan fingerprint density at radius 3 is 2.57 bits per heavy atom. The largest absolute Gasteiger partial charge is 0.524 e. The normalized spacial score (nSPS) is 12.1. The fourth-order valence-corrected chi connectivity index (χ4v) is 2.39. The molecule has 1 aromatic carbocycles. The van der Waals surface area contributed by atoms with E-state index in [1.54, 1.807) is 36.5 Å². The van der Waals surface area contributed by atoms with Crippen molar-refractivity contribution in [1.29, 1.82) is 0 Å². The average Bonchev–Trinajstić information content (AvgIpc) is 2.44. The molecule has 5 nitrogen and oxygen atoms in total. The van der Waals surface area contributed by atoms with Gasteiger partial charge in [0.15, 0.2) is 5.75 Å². The van der Waals surface area contributed by atoms with E-state index in [1.165, 1.54) is 12.1 Å². The topological polar surface area (TPSA) is 79.7 Å². The number of phosphoric acid groups is 1. The van der Waals surface area contributed by atoms with Crippen LogP contribution in [0, 0.1) is 5.82 Å². The predicted octanol–water partition coefficient (Wildman–Crippen LogP) is 3.99. The van der Waals surface area contributed by atoms with E-state index in [9.17, 15) is 8.96 Å². The summed E-state index contributed by atoms with van der Waals surface area (Å²) in [5, 5.41) is 0. The van der Waals surface area contributed by atoms with Crippen molar-refractivity contribution >= 4 is 20.0 Å². The number of halogens is 1. The first-order valence-corrected chi connectivity index (χ1v) is 8.47. The minimum Gasteiger partial charge on any atom is -0.402 e. The first-order chi connectivity index (χ1) is 10.8. The maximum Gasteiger partial charge on any atom is 0.524 e. The molecule has 0 aliphatic heterocycles. The Bertz CT molecular complexity index is 770. The van der Waals surface area contributed by atoms with Gasteiger partial charge >= 0.3 is 7.82 Å². The van der Waals surface area contributed by atoms with Gasteiger partial charge in [-0.1, -0.05) is 44.2 Å². The summed E-state index contributed by atoms with van der Waals surface area (Å²) in [4.78, 5) is 22.2. The van der Waals surface area contributed by atoms with E-state index in [1.807, 2.05) is 13.8 Å². The fraction of sp³-hybridized carbons (Fsp3) is 0.188. The zero-order valence-corrected chi connectivity index (χ0v) is 13.6. The lowest BCUT2D eigenvalue weighted by Gasteiger charge is -2.13. The lowest BCUT2D eigenvalue weighted by atomic mass is 10.1. The number of aromatic nitrogens is 1. The van der Waals surface area contributed by atoms with Crippen molar-refractivity contribution in [3.05, 3.63) is 59.2 Å². The van der Waals surface area contributed by atoms with Crippen LogP contribution in [0.1, 0.15) is 36.6 Å². The van der Waals surface area contributed by atoms with Crippen molar-refractivity contribution in [2.24, 2.45) is 0 Å². The Hall–Kier alpha value is -2.01. The second-order valence-corrected chi connectivity index (χ2v) is 6.41. The Balaban J connectivity index is 2.35. The third-order valence-electron chi connectivity index (χ3n) is 3.03. The second kappa shape index (κ2) is 7.04. The summed E-state index contributed by atoms with van der Waals surface area (Å²) in [5.41, 5.74) is 1.38. The molecule has 23 heavy (non-hydrogen) atoms. The van der Waals surface area contributed by atoms with E-state index in [-0.39, 0.29) is 17.5 Å². The summed E-state index contributed by atoms with van der Waals surface area (Å²) in [6, 6.07) is 7.75. The van der Waals surface area contributed by atoms with E-state index in [2.05, 4.69) is 4.98 Å². The molecule has 1 aromatic heterocycles. The van der Waals surface area contributed by atoms with Crippen LogP contribution in [0.5, 0.6) is 5.75 Å². The first-order valence-electron chi connectivity index (χ1n) is 6.94. The molecule has 2 aromatic rings. The van der Waals surface area contributed by atoms with Crippen LogP contribution in [0.4, 0.5) is 4.39 Å². The Labute approximate surface area is 133 Å². The van der Waals surface area contributed by atoms with Crippen molar-refractivity contribution in [1.82, 2.24) is 4.98 Å². The molecule has 0 spiro atoms. The van der Waals surface area contributed by atoms with E-state index in [0.717, 1.165) is 0 Å². The first kappa shape index (κ1) is 17.3. The Morgan fingerprint density at radius 2 is 1.96 bits per heavy atom. The summed E-state index contributed by atoms with van der Waals surface area (Å²) in [7, 11) is -4.68. The van der Waals surface area contributed by atoms with Gasteiger partial charge in [-0.3, -0.25) is 14.8 Å². The van der Waals surface area contributed by atoms with E-state index in [4.69, 9.17) is 14.3 Å². The Kier molecular flexibility index (Phi) is 5.31.